The molecule has 0 radical (unpaired) electrons. The summed E-state index contributed by atoms with van der Waals surface area (Å²) in [7, 11) is 1.68. The Morgan fingerprint density at radius 1 is 1.13 bits per heavy atom. The van der Waals surface area contributed by atoms with Gasteiger partial charge in [0.1, 0.15) is 17.3 Å². The maximum Gasteiger partial charge on any atom is 0.144 e. The molecule has 2 aromatic heterocycles. The van der Waals surface area contributed by atoms with Gasteiger partial charge in [0.05, 0.1) is 31.6 Å². The van der Waals surface area contributed by atoms with Crippen molar-refractivity contribution < 1.29 is 9.84 Å². The zero-order chi connectivity index (χ0) is 21.2. The highest BCUT2D eigenvalue weighted by atomic mass is 16.5. The van der Waals surface area contributed by atoms with Crippen LogP contribution >= 0.6 is 0 Å². The van der Waals surface area contributed by atoms with Crippen molar-refractivity contribution in [2.45, 2.75) is 31.5 Å². The molecule has 8 nitrogen and oxygen atoms in total. The number of benzene rings is 1. The van der Waals surface area contributed by atoms with Gasteiger partial charge in [-0.15, -0.1) is 0 Å². The molecule has 0 bridgehead atoms. The van der Waals surface area contributed by atoms with E-state index in [1.54, 1.807) is 25.7 Å². The van der Waals surface area contributed by atoms with Gasteiger partial charge in [0.15, 0.2) is 0 Å². The highest BCUT2D eigenvalue weighted by molar-refractivity contribution is 5.46. The number of aliphatic hydroxyl groups excluding tert-OH is 1. The van der Waals surface area contributed by atoms with Crippen molar-refractivity contribution in [3.63, 3.8) is 0 Å². The van der Waals surface area contributed by atoms with E-state index in [1.165, 1.54) is 5.56 Å². The molecule has 0 spiro atoms. The minimum atomic E-state index is -0.364. The fourth-order valence-electron chi connectivity index (χ4n) is 5.03. The summed E-state index contributed by atoms with van der Waals surface area (Å²) in [5, 5.41) is 18.6. The summed E-state index contributed by atoms with van der Waals surface area (Å²) in [5.74, 6) is 2.63. The Kier molecular flexibility index (Phi) is 5.57. The molecule has 2 fully saturated rings. The molecule has 1 saturated carbocycles. The lowest BCUT2D eigenvalue weighted by molar-refractivity contribution is 0.0735. The minimum Gasteiger partial charge on any atom is -0.494 e. The molecule has 1 aliphatic carbocycles. The first-order valence-corrected chi connectivity index (χ1v) is 10.8. The molecular formula is C23H28N6O2. The molecule has 0 unspecified atom stereocenters. The number of aliphatic hydroxyl groups is 1. The number of nitrogens with one attached hydrogen (secondary N) is 1. The van der Waals surface area contributed by atoms with Crippen LogP contribution in [0.1, 0.15) is 18.4 Å². The molecule has 1 saturated heterocycles. The lowest BCUT2D eigenvalue weighted by atomic mass is 9.77. The maximum absolute atomic E-state index is 10.7. The van der Waals surface area contributed by atoms with E-state index in [-0.39, 0.29) is 12.1 Å². The van der Waals surface area contributed by atoms with Crippen molar-refractivity contribution in [2.24, 2.45) is 11.8 Å². The second-order valence-electron chi connectivity index (χ2n) is 8.56. The van der Waals surface area contributed by atoms with E-state index in [9.17, 15) is 5.11 Å². The lowest BCUT2D eigenvalue weighted by Gasteiger charge is -2.35. The third-order valence-corrected chi connectivity index (χ3v) is 6.49. The van der Waals surface area contributed by atoms with Gasteiger partial charge >= 0.3 is 0 Å². The summed E-state index contributed by atoms with van der Waals surface area (Å²) in [5.41, 5.74) is 2.12. The van der Waals surface area contributed by atoms with Crippen molar-refractivity contribution >= 4 is 5.82 Å². The molecule has 4 atom stereocenters. The smallest absolute Gasteiger partial charge is 0.144 e. The number of nitrogens with zero attached hydrogens (tertiary/aromatic N) is 5. The number of hydrogen-bond donors (Lipinski definition) is 2. The van der Waals surface area contributed by atoms with E-state index in [2.05, 4.69) is 31.5 Å². The highest BCUT2D eigenvalue weighted by Gasteiger charge is 2.41. The van der Waals surface area contributed by atoms with Crippen LogP contribution in [0.25, 0.3) is 5.69 Å². The standard InChI is InChI=1S/C23H28N6O2/c1-31-22-5-3-2-4-20(22)29-13-16(10-26-29)12-28-14-17-8-19(21(30)9-18(17)15-28)27-23-11-24-6-7-25-23/h2-7,10-11,13,17-19,21,30H,8-9,12,14-15H2,1H3,(H,25,27)/t17-,18+,19-,21-/m1/s1. The monoisotopic (exact) mass is 420 g/mol. The summed E-state index contributed by atoms with van der Waals surface area (Å²) >= 11 is 0. The summed E-state index contributed by atoms with van der Waals surface area (Å²) in [6, 6.07) is 7.91. The van der Waals surface area contributed by atoms with Crippen molar-refractivity contribution in [3.8, 4) is 11.4 Å². The molecule has 8 heteroatoms. The fourth-order valence-corrected chi connectivity index (χ4v) is 5.03. The van der Waals surface area contributed by atoms with Crippen LogP contribution in [0.5, 0.6) is 5.75 Å². The number of anilines is 1. The number of likely N-dealkylation sites (tertiary alicyclic amines) is 1. The molecule has 3 heterocycles. The third kappa shape index (κ3) is 4.26. The maximum atomic E-state index is 10.7. The van der Waals surface area contributed by atoms with Crippen molar-refractivity contribution in [1.29, 1.82) is 0 Å². The second-order valence-corrected chi connectivity index (χ2v) is 8.56. The van der Waals surface area contributed by atoms with E-state index < -0.39 is 0 Å². The first-order valence-electron chi connectivity index (χ1n) is 10.8. The minimum absolute atomic E-state index is 0.0196. The van der Waals surface area contributed by atoms with Crippen LogP contribution in [0, 0.1) is 11.8 Å². The Balaban J connectivity index is 1.22. The molecule has 2 N–H and O–H groups in total. The largest absolute Gasteiger partial charge is 0.494 e. The van der Waals surface area contributed by atoms with Gasteiger partial charge in [0.25, 0.3) is 0 Å². The number of fused-ring (bicyclic) bond motifs is 1. The van der Waals surface area contributed by atoms with E-state index in [1.807, 2.05) is 35.1 Å². The van der Waals surface area contributed by atoms with Gasteiger partial charge in [-0.25, -0.2) is 9.67 Å². The van der Waals surface area contributed by atoms with Crippen LogP contribution < -0.4 is 10.1 Å². The van der Waals surface area contributed by atoms with Crippen molar-refractivity contribution in [1.82, 2.24) is 24.6 Å². The van der Waals surface area contributed by atoms with E-state index >= 15 is 0 Å². The Morgan fingerprint density at radius 2 is 1.97 bits per heavy atom. The van der Waals surface area contributed by atoms with Gasteiger partial charge in [-0.1, -0.05) is 12.1 Å². The van der Waals surface area contributed by atoms with Gasteiger partial charge in [0.2, 0.25) is 0 Å². The summed E-state index contributed by atoms with van der Waals surface area (Å²) < 4.78 is 7.34. The van der Waals surface area contributed by atoms with Crippen molar-refractivity contribution in [2.75, 3.05) is 25.5 Å². The molecule has 3 aromatic rings. The van der Waals surface area contributed by atoms with E-state index in [0.29, 0.717) is 11.8 Å². The van der Waals surface area contributed by atoms with Gasteiger partial charge < -0.3 is 15.2 Å². The fraction of sp³-hybridized carbons (Fsp3) is 0.435. The third-order valence-electron chi connectivity index (χ3n) is 6.49. The Morgan fingerprint density at radius 3 is 2.77 bits per heavy atom. The zero-order valence-corrected chi connectivity index (χ0v) is 17.6. The first kappa shape index (κ1) is 20.0. The van der Waals surface area contributed by atoms with E-state index in [0.717, 1.165) is 49.7 Å². The SMILES string of the molecule is COc1ccccc1-n1cc(CN2C[C@H]3C[C@@H](Nc4cnccn4)[C@H](O)C[C@H]3C2)cn1. The average Bonchev–Trinajstić information content (AvgIpc) is 3.41. The molecule has 162 valence electrons. The molecule has 0 amide bonds. The number of hydrogen-bond acceptors (Lipinski definition) is 7. The zero-order valence-electron chi connectivity index (χ0n) is 17.6. The second kappa shape index (κ2) is 8.64. The van der Waals surface area contributed by atoms with Crippen LogP contribution in [0.2, 0.25) is 0 Å². The number of ether oxygens (including phenoxy) is 1. The van der Waals surface area contributed by atoms with Crippen LogP contribution in [-0.4, -0.2) is 62.1 Å². The first-order chi connectivity index (χ1) is 15.2. The molecule has 31 heavy (non-hydrogen) atoms. The van der Waals surface area contributed by atoms with Crippen LogP contribution in [0.3, 0.4) is 0 Å². The van der Waals surface area contributed by atoms with Gasteiger partial charge in [-0.2, -0.15) is 5.10 Å². The quantitative estimate of drug-likeness (QED) is 0.633. The van der Waals surface area contributed by atoms with Gasteiger partial charge in [0, 0.05) is 43.8 Å². The number of methoxy groups -OCH3 is 1. The molecule has 2 aliphatic rings. The average molecular weight is 421 g/mol. The molecular weight excluding hydrogens is 392 g/mol. The summed E-state index contributed by atoms with van der Waals surface area (Å²) in [6.07, 6.45) is 10.4. The van der Waals surface area contributed by atoms with Gasteiger partial charge in [-0.3, -0.25) is 9.88 Å². The summed E-state index contributed by atoms with van der Waals surface area (Å²) in [4.78, 5) is 10.9. The Bertz CT molecular complexity index is 1010. The summed E-state index contributed by atoms with van der Waals surface area (Å²) in [6.45, 7) is 2.91. The van der Waals surface area contributed by atoms with Crippen LogP contribution in [-0.2, 0) is 6.54 Å². The van der Waals surface area contributed by atoms with Crippen LogP contribution in [0.15, 0.2) is 55.2 Å². The number of para-hydroxylation sites is 2. The predicted molar refractivity (Wildman–Crippen MR) is 117 cm³/mol. The van der Waals surface area contributed by atoms with Crippen molar-refractivity contribution in [3.05, 3.63) is 60.8 Å². The van der Waals surface area contributed by atoms with Crippen LogP contribution in [0.4, 0.5) is 5.82 Å². The molecule has 1 aromatic carbocycles. The number of rotatable bonds is 6. The predicted octanol–water partition coefficient (Wildman–Crippen LogP) is 2.35. The topological polar surface area (TPSA) is 88.3 Å². The highest BCUT2D eigenvalue weighted by Crippen LogP contribution is 2.38. The van der Waals surface area contributed by atoms with Gasteiger partial charge in [-0.05, 0) is 36.8 Å². The Labute approximate surface area is 181 Å². The molecule has 1 aliphatic heterocycles. The Hall–Kier alpha value is -2.97. The molecule has 5 rings (SSSR count). The number of aromatic nitrogens is 4. The lowest BCUT2D eigenvalue weighted by Crippen LogP contribution is -2.43. The van der Waals surface area contributed by atoms with E-state index in [4.69, 9.17) is 4.74 Å². The normalized spacial score (nSPS) is 25.9.